The number of para-hydroxylation sites is 2. The molecule has 236 valence electrons. The maximum Gasteiger partial charge on any atom is 0.248 e. The van der Waals surface area contributed by atoms with Crippen molar-refractivity contribution < 1.29 is 19.5 Å². The molecule has 1 spiro atoms. The van der Waals surface area contributed by atoms with E-state index in [0.29, 0.717) is 32.4 Å². The number of aliphatic hydroxyl groups is 1. The summed E-state index contributed by atoms with van der Waals surface area (Å²) in [4.78, 5) is 49.0. The average Bonchev–Trinajstić information content (AvgIpc) is 3.75. The molecule has 3 aromatic rings. The number of unbranched alkanes of at least 4 members (excludes halogenated alkanes) is 1. The summed E-state index contributed by atoms with van der Waals surface area (Å²) in [5.74, 6) is -1.71. The topological polar surface area (TPSA) is 112 Å². The van der Waals surface area contributed by atoms with E-state index in [-0.39, 0.29) is 37.5 Å². The van der Waals surface area contributed by atoms with E-state index in [1.54, 1.807) is 43.3 Å². The molecular weight excluding hydrogens is 588 g/mol. The summed E-state index contributed by atoms with van der Waals surface area (Å²) in [5, 5.41) is 18.1. The lowest BCUT2D eigenvalue weighted by molar-refractivity contribution is -0.143. The van der Waals surface area contributed by atoms with Crippen LogP contribution in [0.25, 0.3) is 11.0 Å². The predicted octanol–water partition coefficient (Wildman–Crippen LogP) is 3.88. The van der Waals surface area contributed by atoms with Crippen molar-refractivity contribution in [2.75, 3.05) is 31.1 Å². The number of benzene rings is 2. The Morgan fingerprint density at radius 1 is 1.04 bits per heavy atom. The predicted molar refractivity (Wildman–Crippen MR) is 175 cm³/mol. The summed E-state index contributed by atoms with van der Waals surface area (Å²) >= 11 is 1.65. The van der Waals surface area contributed by atoms with Crippen LogP contribution in [-0.2, 0) is 21.1 Å². The van der Waals surface area contributed by atoms with Crippen LogP contribution in [0.5, 0.6) is 0 Å². The Hall–Kier alpha value is -3.96. The van der Waals surface area contributed by atoms with Gasteiger partial charge in [0.25, 0.3) is 0 Å². The second kappa shape index (κ2) is 12.4. The molecule has 1 N–H and O–H groups in total. The number of nitrogens with zero attached hydrogens (tertiary/aromatic N) is 6. The highest BCUT2D eigenvalue weighted by Gasteiger charge is 2.77. The molecule has 3 aliphatic rings. The van der Waals surface area contributed by atoms with Crippen molar-refractivity contribution in [2.24, 2.45) is 11.8 Å². The summed E-state index contributed by atoms with van der Waals surface area (Å²) in [5.41, 5.74) is 2.28. The van der Waals surface area contributed by atoms with E-state index >= 15 is 0 Å². The largest absolute Gasteiger partial charge is 0.396 e. The van der Waals surface area contributed by atoms with Crippen LogP contribution in [0, 0.1) is 11.8 Å². The molecule has 0 saturated carbocycles. The number of amides is 3. The van der Waals surface area contributed by atoms with Gasteiger partial charge >= 0.3 is 0 Å². The van der Waals surface area contributed by atoms with Gasteiger partial charge in [-0.25, -0.2) is 4.68 Å². The Labute approximate surface area is 267 Å². The fourth-order valence-electron chi connectivity index (χ4n) is 7.67. The maximum atomic E-state index is 14.8. The van der Waals surface area contributed by atoms with Gasteiger partial charge in [0, 0.05) is 36.7 Å². The molecule has 3 fully saturated rings. The minimum Gasteiger partial charge on any atom is -0.396 e. The van der Waals surface area contributed by atoms with Crippen molar-refractivity contribution in [1.29, 1.82) is 0 Å². The molecular formula is C34H40N6O4S. The van der Waals surface area contributed by atoms with E-state index in [1.807, 2.05) is 54.6 Å². The third-order valence-electron chi connectivity index (χ3n) is 9.62. The minimum atomic E-state index is -0.766. The highest BCUT2D eigenvalue weighted by atomic mass is 32.2. The summed E-state index contributed by atoms with van der Waals surface area (Å²) < 4.78 is 0.425. The number of rotatable bonds is 13. The van der Waals surface area contributed by atoms with E-state index in [1.165, 1.54) is 0 Å². The molecule has 6 rings (SSSR count). The van der Waals surface area contributed by atoms with Crippen LogP contribution in [0.1, 0.15) is 32.6 Å². The molecule has 3 amide bonds. The van der Waals surface area contributed by atoms with Crippen molar-refractivity contribution in [1.82, 2.24) is 24.8 Å². The van der Waals surface area contributed by atoms with Gasteiger partial charge in [0.2, 0.25) is 17.7 Å². The molecule has 0 radical (unpaired) electrons. The number of carbonyl (C=O) groups is 3. The summed E-state index contributed by atoms with van der Waals surface area (Å²) in [6, 6.07) is 16.3. The Morgan fingerprint density at radius 2 is 1.78 bits per heavy atom. The molecule has 4 heterocycles. The first-order valence-corrected chi connectivity index (χ1v) is 16.4. The molecule has 5 atom stereocenters. The standard InChI is InChI=1S/C34H40N6O4S/c1-4-19-37(23-40-26-16-10-9-15-25(26)35-36-40)32(44)29-34-18-17-33(3,45-34)27(28(34)31(43)39(29)21-11-12-22-41)30(42)38(20-5-2)24-13-7-6-8-14-24/h4-10,13-16,27-29,41H,1-2,11-12,17-23H2,3H3/t27-,28-,29?,33+,34?/m0/s1. The second-order valence-electron chi connectivity index (χ2n) is 12.3. The SMILES string of the molecule is C=CCN(Cn1nnc2ccccc21)C(=O)C1N(CCCCO)C(=O)[C@@H]2[C@@H](C(=O)N(CC=C)c3ccccc3)[C@@]3(C)CCC12S3. The zero-order chi connectivity index (χ0) is 31.8. The number of likely N-dealkylation sites (tertiary alicyclic amines) is 1. The zero-order valence-electron chi connectivity index (χ0n) is 25.6. The lowest BCUT2D eigenvalue weighted by atomic mass is 9.66. The molecule has 10 nitrogen and oxygen atoms in total. The van der Waals surface area contributed by atoms with Crippen LogP contribution in [0.15, 0.2) is 79.9 Å². The van der Waals surface area contributed by atoms with Gasteiger partial charge in [0.15, 0.2) is 0 Å². The number of hydrogen-bond donors (Lipinski definition) is 1. The van der Waals surface area contributed by atoms with Crippen LogP contribution in [0.2, 0.25) is 0 Å². The monoisotopic (exact) mass is 628 g/mol. The summed E-state index contributed by atoms with van der Waals surface area (Å²) in [7, 11) is 0. The van der Waals surface area contributed by atoms with E-state index in [4.69, 9.17) is 0 Å². The number of thioether (sulfide) groups is 1. The zero-order valence-corrected chi connectivity index (χ0v) is 26.4. The van der Waals surface area contributed by atoms with E-state index in [2.05, 4.69) is 30.4 Å². The van der Waals surface area contributed by atoms with E-state index < -0.39 is 27.4 Å². The number of aromatic nitrogens is 3. The molecule has 0 aliphatic carbocycles. The van der Waals surface area contributed by atoms with Gasteiger partial charge in [-0.3, -0.25) is 14.4 Å². The lowest BCUT2D eigenvalue weighted by Gasteiger charge is -2.38. The molecule has 2 bridgehead atoms. The molecule has 3 saturated heterocycles. The van der Waals surface area contributed by atoms with Crippen molar-refractivity contribution in [3.63, 3.8) is 0 Å². The maximum absolute atomic E-state index is 14.8. The highest BCUT2D eigenvalue weighted by Crippen LogP contribution is 2.71. The first kappa shape index (κ1) is 31.0. The first-order valence-electron chi connectivity index (χ1n) is 15.6. The van der Waals surface area contributed by atoms with E-state index in [9.17, 15) is 19.5 Å². The average molecular weight is 629 g/mol. The molecule has 2 unspecified atom stereocenters. The van der Waals surface area contributed by atoms with Gasteiger partial charge in [-0.2, -0.15) is 0 Å². The highest BCUT2D eigenvalue weighted by molar-refractivity contribution is 8.02. The Kier molecular flexibility index (Phi) is 8.58. The Balaban J connectivity index is 1.39. The van der Waals surface area contributed by atoms with Crippen molar-refractivity contribution >= 4 is 46.2 Å². The molecule has 3 aliphatic heterocycles. The van der Waals surface area contributed by atoms with Crippen LogP contribution < -0.4 is 4.90 Å². The quantitative estimate of drug-likeness (QED) is 0.226. The summed E-state index contributed by atoms with van der Waals surface area (Å²) in [6.07, 6.45) is 5.82. The number of fused-ring (bicyclic) bond motifs is 2. The number of anilines is 1. The van der Waals surface area contributed by atoms with Crippen LogP contribution >= 0.6 is 11.8 Å². The number of carbonyl (C=O) groups excluding carboxylic acids is 3. The van der Waals surface area contributed by atoms with Gasteiger partial charge < -0.3 is 19.8 Å². The van der Waals surface area contributed by atoms with Crippen LogP contribution in [-0.4, -0.2) is 89.4 Å². The van der Waals surface area contributed by atoms with Crippen molar-refractivity contribution in [3.05, 3.63) is 79.9 Å². The third kappa shape index (κ3) is 5.15. The van der Waals surface area contributed by atoms with Crippen LogP contribution in [0.3, 0.4) is 0 Å². The van der Waals surface area contributed by atoms with Gasteiger partial charge in [-0.15, -0.1) is 30.0 Å². The Bertz CT molecular complexity index is 1610. The van der Waals surface area contributed by atoms with Gasteiger partial charge in [-0.05, 0) is 56.9 Å². The lowest BCUT2D eigenvalue weighted by Crippen LogP contribution is -2.55. The molecule has 2 aromatic carbocycles. The third-order valence-corrected chi connectivity index (χ3v) is 11.6. The molecule has 1 aromatic heterocycles. The minimum absolute atomic E-state index is 0.00129. The first-order chi connectivity index (χ1) is 21.8. The molecule has 45 heavy (non-hydrogen) atoms. The van der Waals surface area contributed by atoms with Gasteiger partial charge in [-0.1, -0.05) is 47.7 Å². The van der Waals surface area contributed by atoms with E-state index in [0.717, 1.165) is 23.1 Å². The fourth-order valence-corrected chi connectivity index (χ4v) is 10.0. The van der Waals surface area contributed by atoms with Crippen molar-refractivity contribution in [3.8, 4) is 0 Å². The van der Waals surface area contributed by atoms with Crippen LogP contribution in [0.4, 0.5) is 5.69 Å². The second-order valence-corrected chi connectivity index (χ2v) is 14.2. The van der Waals surface area contributed by atoms with Crippen molar-refractivity contribution in [2.45, 2.75) is 54.8 Å². The number of hydrogen-bond acceptors (Lipinski definition) is 7. The van der Waals surface area contributed by atoms with Gasteiger partial charge in [0.1, 0.15) is 18.2 Å². The molecule has 11 heteroatoms. The smallest absolute Gasteiger partial charge is 0.248 e. The Morgan fingerprint density at radius 3 is 2.51 bits per heavy atom. The summed E-state index contributed by atoms with van der Waals surface area (Å²) in [6.45, 7) is 10.9. The number of aliphatic hydroxyl groups excluding tert-OH is 1. The normalized spacial score (nSPS) is 26.7. The van der Waals surface area contributed by atoms with Gasteiger partial charge in [0.05, 0.1) is 22.1 Å². The fraction of sp³-hybridized carbons (Fsp3) is 0.441.